The lowest BCUT2D eigenvalue weighted by Crippen LogP contribution is -1.94. The molecule has 0 bridgehead atoms. The fourth-order valence-corrected chi connectivity index (χ4v) is 1.59. The Hall–Kier alpha value is -1.96. The summed E-state index contributed by atoms with van der Waals surface area (Å²) in [6, 6.07) is 15.8. The van der Waals surface area contributed by atoms with E-state index < -0.39 is 0 Å². The molecule has 2 heteroatoms. The van der Waals surface area contributed by atoms with Gasteiger partial charge in [-0.1, -0.05) is 42.5 Å². The first kappa shape index (κ1) is 9.59. The average Bonchev–Trinajstić information content (AvgIpc) is 2.30. The third-order valence-corrected chi connectivity index (χ3v) is 2.37. The number of hydrogen-bond donors (Lipinski definition) is 1. The quantitative estimate of drug-likeness (QED) is 0.755. The van der Waals surface area contributed by atoms with Gasteiger partial charge in [0.1, 0.15) is 5.75 Å². The molecular weight excluding hydrogens is 186 g/mol. The molecule has 0 spiro atoms. The van der Waals surface area contributed by atoms with E-state index in [1.165, 1.54) is 0 Å². The molecule has 0 fully saturated rings. The Balaban J connectivity index is 2.54. The van der Waals surface area contributed by atoms with Crippen molar-refractivity contribution < 1.29 is 4.74 Å². The second-order valence-electron chi connectivity index (χ2n) is 3.29. The minimum absolute atomic E-state index is 0.686. The van der Waals surface area contributed by atoms with Crippen LogP contribution in [0.2, 0.25) is 0 Å². The molecule has 2 rings (SSSR count). The van der Waals surface area contributed by atoms with E-state index in [-0.39, 0.29) is 0 Å². The van der Waals surface area contributed by atoms with Crippen molar-refractivity contribution in [3.05, 3.63) is 48.5 Å². The molecule has 0 aliphatic rings. The molecule has 2 N–H and O–H groups in total. The van der Waals surface area contributed by atoms with Crippen LogP contribution in [0.5, 0.6) is 5.75 Å². The van der Waals surface area contributed by atoms with Crippen molar-refractivity contribution in [3.8, 4) is 16.9 Å². The van der Waals surface area contributed by atoms with E-state index in [1.807, 2.05) is 48.5 Å². The predicted octanol–water partition coefficient (Wildman–Crippen LogP) is 2.94. The zero-order chi connectivity index (χ0) is 10.7. The van der Waals surface area contributed by atoms with Crippen LogP contribution in [0.3, 0.4) is 0 Å². The van der Waals surface area contributed by atoms with E-state index in [9.17, 15) is 0 Å². The molecule has 0 radical (unpaired) electrons. The second-order valence-corrected chi connectivity index (χ2v) is 3.29. The summed E-state index contributed by atoms with van der Waals surface area (Å²) in [5.74, 6) is 0.719. The molecule has 0 saturated carbocycles. The van der Waals surface area contributed by atoms with Gasteiger partial charge in [0.05, 0.1) is 12.8 Å². The molecule has 2 aromatic carbocycles. The number of para-hydroxylation sites is 1. The van der Waals surface area contributed by atoms with Gasteiger partial charge in [0.2, 0.25) is 0 Å². The Kier molecular flexibility index (Phi) is 2.59. The van der Waals surface area contributed by atoms with Crippen molar-refractivity contribution >= 4 is 5.69 Å². The zero-order valence-electron chi connectivity index (χ0n) is 8.60. The number of benzene rings is 2. The Bertz CT molecular complexity index is 451. The minimum atomic E-state index is 0.686. The fourth-order valence-electron chi connectivity index (χ4n) is 1.59. The number of nitrogens with two attached hydrogens (primary N) is 1. The predicted molar refractivity (Wildman–Crippen MR) is 62.8 cm³/mol. The van der Waals surface area contributed by atoms with Crippen molar-refractivity contribution in [1.29, 1.82) is 0 Å². The van der Waals surface area contributed by atoms with E-state index in [0.717, 1.165) is 16.9 Å². The molecule has 15 heavy (non-hydrogen) atoms. The number of methoxy groups -OCH3 is 1. The van der Waals surface area contributed by atoms with Gasteiger partial charge >= 0.3 is 0 Å². The maximum absolute atomic E-state index is 6.00. The minimum Gasteiger partial charge on any atom is -0.495 e. The van der Waals surface area contributed by atoms with Crippen LogP contribution in [0.25, 0.3) is 11.1 Å². The summed E-state index contributed by atoms with van der Waals surface area (Å²) in [7, 11) is 1.63. The number of nitrogen functional groups attached to an aromatic ring is 1. The Morgan fingerprint density at radius 3 is 2.33 bits per heavy atom. The van der Waals surface area contributed by atoms with Gasteiger partial charge in [-0.05, 0) is 11.6 Å². The lowest BCUT2D eigenvalue weighted by atomic mass is 10.0. The number of anilines is 1. The zero-order valence-corrected chi connectivity index (χ0v) is 8.60. The highest BCUT2D eigenvalue weighted by molar-refractivity contribution is 5.80. The largest absolute Gasteiger partial charge is 0.495 e. The normalized spacial score (nSPS) is 9.93. The SMILES string of the molecule is COc1cccc(-c2ccccc2)c1N. The second kappa shape index (κ2) is 4.05. The summed E-state index contributed by atoms with van der Waals surface area (Å²) in [5.41, 5.74) is 8.80. The van der Waals surface area contributed by atoms with Gasteiger partial charge < -0.3 is 10.5 Å². The number of rotatable bonds is 2. The van der Waals surface area contributed by atoms with Gasteiger partial charge in [-0.3, -0.25) is 0 Å². The van der Waals surface area contributed by atoms with Crippen LogP contribution in [-0.2, 0) is 0 Å². The van der Waals surface area contributed by atoms with Crippen LogP contribution < -0.4 is 10.5 Å². The van der Waals surface area contributed by atoms with Crippen LogP contribution in [0.15, 0.2) is 48.5 Å². The lowest BCUT2D eigenvalue weighted by Gasteiger charge is -2.09. The Morgan fingerprint density at radius 1 is 0.933 bits per heavy atom. The summed E-state index contributed by atoms with van der Waals surface area (Å²) in [4.78, 5) is 0. The first-order valence-corrected chi connectivity index (χ1v) is 4.81. The molecule has 0 atom stereocenters. The third-order valence-electron chi connectivity index (χ3n) is 2.37. The van der Waals surface area contributed by atoms with E-state index in [1.54, 1.807) is 7.11 Å². The molecule has 0 aliphatic heterocycles. The highest BCUT2D eigenvalue weighted by atomic mass is 16.5. The molecule has 0 aliphatic carbocycles. The van der Waals surface area contributed by atoms with Crippen LogP contribution in [0.4, 0.5) is 5.69 Å². The molecule has 2 nitrogen and oxygen atoms in total. The van der Waals surface area contributed by atoms with Crippen LogP contribution in [0, 0.1) is 0 Å². The number of hydrogen-bond acceptors (Lipinski definition) is 2. The average molecular weight is 199 g/mol. The monoisotopic (exact) mass is 199 g/mol. The molecule has 0 unspecified atom stereocenters. The lowest BCUT2D eigenvalue weighted by molar-refractivity contribution is 0.417. The molecule has 76 valence electrons. The van der Waals surface area contributed by atoms with E-state index in [0.29, 0.717) is 5.69 Å². The topological polar surface area (TPSA) is 35.2 Å². The van der Waals surface area contributed by atoms with Crippen LogP contribution >= 0.6 is 0 Å². The Labute approximate surface area is 89.3 Å². The van der Waals surface area contributed by atoms with Gasteiger partial charge in [-0.25, -0.2) is 0 Å². The summed E-state index contributed by atoms with van der Waals surface area (Å²) in [5, 5.41) is 0. The van der Waals surface area contributed by atoms with Crippen molar-refractivity contribution in [2.45, 2.75) is 0 Å². The molecule has 0 saturated heterocycles. The van der Waals surface area contributed by atoms with Crippen molar-refractivity contribution in [3.63, 3.8) is 0 Å². The summed E-state index contributed by atoms with van der Waals surface area (Å²) >= 11 is 0. The van der Waals surface area contributed by atoms with Crippen LogP contribution in [-0.4, -0.2) is 7.11 Å². The number of ether oxygens (including phenoxy) is 1. The first-order chi connectivity index (χ1) is 7.33. The van der Waals surface area contributed by atoms with Gasteiger partial charge in [0.15, 0.2) is 0 Å². The first-order valence-electron chi connectivity index (χ1n) is 4.81. The molecular formula is C13H13NO. The maximum Gasteiger partial charge on any atom is 0.142 e. The van der Waals surface area contributed by atoms with Crippen molar-refractivity contribution in [2.24, 2.45) is 0 Å². The molecule has 0 amide bonds. The van der Waals surface area contributed by atoms with Crippen molar-refractivity contribution in [1.82, 2.24) is 0 Å². The van der Waals surface area contributed by atoms with Gasteiger partial charge in [0.25, 0.3) is 0 Å². The molecule has 0 aromatic heterocycles. The standard InChI is InChI=1S/C13H13NO/c1-15-12-9-5-8-11(13(12)14)10-6-3-2-4-7-10/h2-9H,14H2,1H3. The summed E-state index contributed by atoms with van der Waals surface area (Å²) < 4.78 is 5.18. The van der Waals surface area contributed by atoms with E-state index in [4.69, 9.17) is 10.5 Å². The van der Waals surface area contributed by atoms with Gasteiger partial charge in [0, 0.05) is 5.56 Å². The molecule has 2 aromatic rings. The van der Waals surface area contributed by atoms with Gasteiger partial charge in [-0.2, -0.15) is 0 Å². The smallest absolute Gasteiger partial charge is 0.142 e. The highest BCUT2D eigenvalue weighted by Gasteiger charge is 2.05. The molecule has 0 heterocycles. The highest BCUT2D eigenvalue weighted by Crippen LogP contribution is 2.32. The maximum atomic E-state index is 6.00. The summed E-state index contributed by atoms with van der Waals surface area (Å²) in [6.45, 7) is 0. The summed E-state index contributed by atoms with van der Waals surface area (Å²) in [6.07, 6.45) is 0. The Morgan fingerprint density at radius 2 is 1.67 bits per heavy atom. The van der Waals surface area contributed by atoms with Crippen LogP contribution in [0.1, 0.15) is 0 Å². The van der Waals surface area contributed by atoms with Gasteiger partial charge in [-0.15, -0.1) is 0 Å². The van der Waals surface area contributed by atoms with E-state index in [2.05, 4.69) is 0 Å². The van der Waals surface area contributed by atoms with E-state index >= 15 is 0 Å². The fraction of sp³-hybridized carbons (Fsp3) is 0.0769. The van der Waals surface area contributed by atoms with Crippen molar-refractivity contribution in [2.75, 3.05) is 12.8 Å². The third kappa shape index (κ3) is 1.79.